The summed E-state index contributed by atoms with van der Waals surface area (Å²) < 4.78 is 0. The van der Waals surface area contributed by atoms with E-state index in [4.69, 9.17) is 0 Å². The predicted octanol–water partition coefficient (Wildman–Crippen LogP) is 4.73. The van der Waals surface area contributed by atoms with E-state index in [1.807, 2.05) is 0 Å². The van der Waals surface area contributed by atoms with Gasteiger partial charge in [0, 0.05) is 11.6 Å². The highest BCUT2D eigenvalue weighted by Gasteiger charge is 2.10. The summed E-state index contributed by atoms with van der Waals surface area (Å²) >= 11 is 0. The first-order chi connectivity index (χ1) is 9.65. The van der Waals surface area contributed by atoms with Crippen molar-refractivity contribution < 1.29 is 0 Å². The topological polar surface area (TPSA) is 28.7 Å². The molecule has 1 unspecified atom stereocenters. The summed E-state index contributed by atoms with van der Waals surface area (Å²) in [6.45, 7) is 6.76. The second-order valence-electron chi connectivity index (χ2n) is 6.19. The number of H-pyrrole nitrogens is 1. The summed E-state index contributed by atoms with van der Waals surface area (Å²) in [5.41, 5.74) is 3.92. The molecule has 2 aromatic rings. The van der Waals surface area contributed by atoms with Gasteiger partial charge in [0.1, 0.15) is 0 Å². The summed E-state index contributed by atoms with van der Waals surface area (Å²) in [7, 11) is 0. The summed E-state index contributed by atoms with van der Waals surface area (Å²) in [6.07, 6.45) is 4.66. The van der Waals surface area contributed by atoms with Gasteiger partial charge < -0.3 is 0 Å². The van der Waals surface area contributed by atoms with Crippen molar-refractivity contribution in [2.75, 3.05) is 0 Å². The van der Waals surface area contributed by atoms with Crippen LogP contribution in [0.5, 0.6) is 0 Å². The van der Waals surface area contributed by atoms with Crippen molar-refractivity contribution in [1.29, 1.82) is 0 Å². The lowest BCUT2D eigenvalue weighted by atomic mass is 9.97. The van der Waals surface area contributed by atoms with Crippen molar-refractivity contribution in [3.05, 3.63) is 53.3 Å². The molecular weight excluding hydrogens is 244 g/mol. The second kappa shape index (κ2) is 7.28. The van der Waals surface area contributed by atoms with Gasteiger partial charge >= 0.3 is 0 Å². The lowest BCUT2D eigenvalue weighted by Crippen LogP contribution is -1.96. The molecule has 0 spiro atoms. The van der Waals surface area contributed by atoms with Gasteiger partial charge in [-0.3, -0.25) is 5.10 Å². The molecular formula is C18H26N2. The first-order valence-electron chi connectivity index (χ1n) is 7.73. The zero-order valence-electron chi connectivity index (χ0n) is 12.9. The smallest absolute Gasteiger partial charge is 0.0653 e. The highest BCUT2D eigenvalue weighted by molar-refractivity contribution is 5.15. The Balaban J connectivity index is 1.79. The van der Waals surface area contributed by atoms with Crippen molar-refractivity contribution >= 4 is 0 Å². The van der Waals surface area contributed by atoms with E-state index >= 15 is 0 Å². The van der Waals surface area contributed by atoms with Gasteiger partial charge in [-0.15, -0.1) is 0 Å². The normalized spacial score (nSPS) is 12.8. The van der Waals surface area contributed by atoms with E-state index in [9.17, 15) is 0 Å². The minimum Gasteiger partial charge on any atom is -0.282 e. The molecule has 1 atom stereocenters. The number of aromatic nitrogens is 2. The molecule has 0 bridgehead atoms. The molecule has 0 aliphatic carbocycles. The summed E-state index contributed by atoms with van der Waals surface area (Å²) in [4.78, 5) is 0. The Morgan fingerprint density at radius 2 is 1.85 bits per heavy atom. The van der Waals surface area contributed by atoms with Gasteiger partial charge in [0.05, 0.1) is 5.69 Å². The Bertz CT molecular complexity index is 499. The molecule has 2 nitrogen and oxygen atoms in total. The Morgan fingerprint density at radius 1 is 1.10 bits per heavy atom. The maximum absolute atomic E-state index is 4.47. The molecule has 2 rings (SSSR count). The third-order valence-electron chi connectivity index (χ3n) is 3.73. The first kappa shape index (κ1) is 14.8. The third-order valence-corrected chi connectivity index (χ3v) is 3.73. The average Bonchev–Trinajstić information content (AvgIpc) is 2.87. The van der Waals surface area contributed by atoms with Gasteiger partial charge in [0.25, 0.3) is 0 Å². The third kappa shape index (κ3) is 4.52. The van der Waals surface area contributed by atoms with E-state index in [-0.39, 0.29) is 0 Å². The highest BCUT2D eigenvalue weighted by atomic mass is 15.1. The summed E-state index contributed by atoms with van der Waals surface area (Å²) in [5.74, 6) is 1.22. The van der Waals surface area contributed by atoms with Crippen molar-refractivity contribution in [2.45, 2.75) is 52.4 Å². The fourth-order valence-corrected chi connectivity index (χ4v) is 2.58. The zero-order chi connectivity index (χ0) is 14.4. The Hall–Kier alpha value is -1.57. The van der Waals surface area contributed by atoms with E-state index < -0.39 is 0 Å². The fraction of sp³-hybridized carbons (Fsp3) is 0.500. The number of rotatable bonds is 7. The molecule has 0 saturated carbocycles. The number of hydrogen-bond donors (Lipinski definition) is 1. The Morgan fingerprint density at radius 3 is 2.55 bits per heavy atom. The number of hydrogen-bond acceptors (Lipinski definition) is 1. The fourth-order valence-electron chi connectivity index (χ4n) is 2.58. The highest BCUT2D eigenvalue weighted by Crippen LogP contribution is 2.21. The number of aromatic amines is 1. The molecule has 108 valence electrons. The van der Waals surface area contributed by atoms with Crippen LogP contribution in [0.1, 0.15) is 56.5 Å². The van der Waals surface area contributed by atoms with Crippen LogP contribution >= 0.6 is 0 Å². The lowest BCUT2D eigenvalue weighted by Gasteiger charge is -2.08. The minimum atomic E-state index is 0.538. The van der Waals surface area contributed by atoms with E-state index in [1.54, 1.807) is 0 Å². The average molecular weight is 270 g/mol. The Labute approximate surface area is 122 Å². The van der Waals surface area contributed by atoms with Crippen LogP contribution in [0.4, 0.5) is 0 Å². The summed E-state index contributed by atoms with van der Waals surface area (Å²) in [6, 6.07) is 13.0. The van der Waals surface area contributed by atoms with E-state index in [2.05, 4.69) is 67.4 Å². The van der Waals surface area contributed by atoms with E-state index in [1.165, 1.54) is 29.8 Å². The van der Waals surface area contributed by atoms with Gasteiger partial charge in [-0.1, -0.05) is 51.1 Å². The number of nitrogens with one attached hydrogen (secondary N) is 1. The maximum Gasteiger partial charge on any atom is 0.0653 e. The molecule has 20 heavy (non-hydrogen) atoms. The van der Waals surface area contributed by atoms with Crippen molar-refractivity contribution in [3.8, 4) is 0 Å². The van der Waals surface area contributed by atoms with Crippen LogP contribution in [0.2, 0.25) is 0 Å². The Kier molecular flexibility index (Phi) is 5.40. The molecule has 0 aliphatic rings. The SMILES string of the molecule is CC(C)Cc1cc(C(C)CCCc2ccccc2)n[nH]1. The molecule has 1 N–H and O–H groups in total. The van der Waals surface area contributed by atoms with Gasteiger partial charge in [0.2, 0.25) is 0 Å². The van der Waals surface area contributed by atoms with Crippen LogP contribution in [0.25, 0.3) is 0 Å². The predicted molar refractivity (Wildman–Crippen MR) is 84.9 cm³/mol. The molecule has 2 heteroatoms. The van der Waals surface area contributed by atoms with Crippen LogP contribution < -0.4 is 0 Å². The van der Waals surface area contributed by atoms with Crippen LogP contribution in [-0.2, 0) is 12.8 Å². The first-order valence-corrected chi connectivity index (χ1v) is 7.73. The van der Waals surface area contributed by atoms with Gasteiger partial charge in [-0.25, -0.2) is 0 Å². The minimum absolute atomic E-state index is 0.538. The maximum atomic E-state index is 4.47. The number of aryl methyl sites for hydroxylation is 1. The molecule has 1 aromatic heterocycles. The van der Waals surface area contributed by atoms with Crippen LogP contribution in [0.3, 0.4) is 0 Å². The molecule has 1 heterocycles. The summed E-state index contributed by atoms with van der Waals surface area (Å²) in [5, 5.41) is 7.65. The van der Waals surface area contributed by atoms with Crippen LogP contribution in [0, 0.1) is 5.92 Å². The monoisotopic (exact) mass is 270 g/mol. The largest absolute Gasteiger partial charge is 0.282 e. The lowest BCUT2D eigenvalue weighted by molar-refractivity contribution is 0.617. The second-order valence-corrected chi connectivity index (χ2v) is 6.19. The van der Waals surface area contributed by atoms with Gasteiger partial charge in [-0.2, -0.15) is 5.10 Å². The van der Waals surface area contributed by atoms with Gasteiger partial charge in [-0.05, 0) is 43.2 Å². The van der Waals surface area contributed by atoms with Crippen molar-refractivity contribution in [2.24, 2.45) is 5.92 Å². The molecule has 0 aliphatic heterocycles. The molecule has 0 fully saturated rings. The van der Waals surface area contributed by atoms with Gasteiger partial charge in [0.15, 0.2) is 0 Å². The number of benzene rings is 1. The molecule has 1 aromatic carbocycles. The van der Waals surface area contributed by atoms with Crippen molar-refractivity contribution in [3.63, 3.8) is 0 Å². The number of nitrogens with zero attached hydrogens (tertiary/aromatic N) is 1. The van der Waals surface area contributed by atoms with E-state index in [0.29, 0.717) is 11.8 Å². The molecule has 0 saturated heterocycles. The molecule has 0 amide bonds. The quantitative estimate of drug-likeness (QED) is 0.773. The van der Waals surface area contributed by atoms with Crippen molar-refractivity contribution in [1.82, 2.24) is 10.2 Å². The van der Waals surface area contributed by atoms with Crippen LogP contribution in [-0.4, -0.2) is 10.2 Å². The standard InChI is InChI=1S/C18H26N2/c1-14(2)12-17-13-18(20-19-17)15(3)8-7-11-16-9-5-4-6-10-16/h4-6,9-10,13-15H,7-8,11-12H2,1-3H3,(H,19,20). The molecule has 0 radical (unpaired) electrons. The van der Waals surface area contributed by atoms with Crippen LogP contribution in [0.15, 0.2) is 36.4 Å². The van der Waals surface area contributed by atoms with E-state index in [0.717, 1.165) is 12.8 Å². The zero-order valence-corrected chi connectivity index (χ0v) is 12.9.